The fourth-order valence-electron chi connectivity index (χ4n) is 6.21. The van der Waals surface area contributed by atoms with Crippen molar-refractivity contribution in [1.29, 1.82) is 0 Å². The molecule has 2 unspecified atom stereocenters. The predicted octanol–water partition coefficient (Wildman–Crippen LogP) is 11.0. The molecule has 0 spiro atoms. The molecule has 50 heavy (non-hydrogen) atoms. The van der Waals surface area contributed by atoms with E-state index in [0.717, 1.165) is 57.2 Å². The highest BCUT2D eigenvalue weighted by Crippen LogP contribution is 2.39. The molecule has 1 fully saturated rings. The molecular formula is C42H47F2N3O2S. The second-order valence-electron chi connectivity index (χ2n) is 13.5. The first-order valence-electron chi connectivity index (χ1n) is 17.5. The second kappa shape index (κ2) is 16.2. The molecule has 0 aliphatic carbocycles. The summed E-state index contributed by atoms with van der Waals surface area (Å²) in [5.41, 5.74) is 6.85. The Morgan fingerprint density at radius 2 is 1.76 bits per heavy atom. The topological polar surface area (TPSA) is 55.2 Å². The molecule has 3 aromatic carbocycles. The van der Waals surface area contributed by atoms with Crippen molar-refractivity contribution in [2.24, 2.45) is 5.92 Å². The highest BCUT2D eigenvalue weighted by Gasteiger charge is 2.31. The van der Waals surface area contributed by atoms with Gasteiger partial charge in [-0.2, -0.15) is 0 Å². The molecule has 8 heteroatoms. The minimum atomic E-state index is -2.84. The number of amides is 1. The number of anilines is 1. The lowest BCUT2D eigenvalue weighted by molar-refractivity contribution is -0.122. The molecule has 0 bridgehead atoms. The quantitative estimate of drug-likeness (QED) is 0.116. The lowest BCUT2D eigenvalue weighted by atomic mass is 9.91. The highest BCUT2D eigenvalue weighted by atomic mass is 32.2. The molecule has 1 amide bonds. The molecule has 262 valence electrons. The van der Waals surface area contributed by atoms with Crippen molar-refractivity contribution in [3.63, 3.8) is 0 Å². The number of aromatic nitrogens is 2. The molecule has 1 saturated heterocycles. The van der Waals surface area contributed by atoms with Gasteiger partial charge in [-0.15, -0.1) is 6.58 Å². The Balaban J connectivity index is 1.17. The second-order valence-corrected chi connectivity index (χ2v) is 14.5. The van der Waals surface area contributed by atoms with Gasteiger partial charge < -0.3 is 4.57 Å². The number of benzene rings is 3. The molecular weight excluding hydrogens is 649 g/mol. The number of carbonyl (C=O) groups excluding carboxylic acids is 2. The molecule has 0 radical (unpaired) electrons. The Hall–Kier alpha value is -4.30. The van der Waals surface area contributed by atoms with Crippen molar-refractivity contribution < 1.29 is 18.4 Å². The van der Waals surface area contributed by atoms with Gasteiger partial charge in [-0.05, 0) is 66.0 Å². The van der Waals surface area contributed by atoms with Crippen LogP contribution in [0, 0.1) is 5.92 Å². The average Bonchev–Trinajstić information content (AvgIpc) is 3.76. The van der Waals surface area contributed by atoms with Crippen molar-refractivity contribution in [2.75, 3.05) is 10.7 Å². The van der Waals surface area contributed by atoms with Gasteiger partial charge in [0, 0.05) is 41.8 Å². The lowest BCUT2D eigenvalue weighted by Gasteiger charge is -2.24. The number of rotatable bonds is 15. The van der Waals surface area contributed by atoms with Gasteiger partial charge in [-0.3, -0.25) is 14.5 Å². The van der Waals surface area contributed by atoms with Crippen LogP contribution in [0.4, 0.5) is 14.5 Å². The number of carbonyl (C=O) groups is 2. The third-order valence-electron chi connectivity index (χ3n) is 9.56. The third kappa shape index (κ3) is 8.52. The van der Waals surface area contributed by atoms with Crippen molar-refractivity contribution in [3.05, 3.63) is 125 Å². The summed E-state index contributed by atoms with van der Waals surface area (Å²) in [5.74, 6) is -1.84. The minimum Gasteiger partial charge on any atom is -0.306 e. The van der Waals surface area contributed by atoms with Gasteiger partial charge >= 0.3 is 0 Å². The van der Waals surface area contributed by atoms with Crippen LogP contribution in [-0.4, -0.2) is 27.0 Å². The third-order valence-corrected chi connectivity index (χ3v) is 10.6. The van der Waals surface area contributed by atoms with E-state index in [9.17, 15) is 18.4 Å². The van der Waals surface area contributed by atoms with Gasteiger partial charge in [-0.25, -0.2) is 13.8 Å². The number of halogens is 2. The van der Waals surface area contributed by atoms with Crippen LogP contribution in [-0.2, 0) is 21.9 Å². The number of ketones is 1. The summed E-state index contributed by atoms with van der Waals surface area (Å²) in [6, 6.07) is 20.9. The van der Waals surface area contributed by atoms with Crippen LogP contribution in [0.3, 0.4) is 0 Å². The number of hydrogen-bond acceptors (Lipinski definition) is 4. The molecule has 2 heterocycles. The fourth-order valence-corrected chi connectivity index (χ4v) is 7.16. The van der Waals surface area contributed by atoms with Gasteiger partial charge in [-0.1, -0.05) is 107 Å². The van der Waals surface area contributed by atoms with Crippen molar-refractivity contribution in [2.45, 2.75) is 84.5 Å². The summed E-state index contributed by atoms with van der Waals surface area (Å²) in [4.78, 5) is 32.7. The first-order valence-corrected chi connectivity index (χ1v) is 18.5. The SMILES string of the molecule is C=CCc1ccc(C(C)C)c(N2C(=O)CS/C2=C/CC(C)C(=O)CCC(C)c2ccc(-c3cn(-c4ccc(C(F)(F)CC)cc4)cn3)cc2)c1. The van der Waals surface area contributed by atoms with Gasteiger partial charge in [0.05, 0.1) is 28.5 Å². The molecule has 1 aliphatic heterocycles. The van der Waals surface area contributed by atoms with Gasteiger partial charge in [0.15, 0.2) is 0 Å². The van der Waals surface area contributed by atoms with Crippen LogP contribution in [0.25, 0.3) is 16.9 Å². The number of allylic oxidation sites excluding steroid dienone is 2. The van der Waals surface area contributed by atoms with Crippen molar-refractivity contribution in [3.8, 4) is 16.9 Å². The Morgan fingerprint density at radius 3 is 2.42 bits per heavy atom. The van der Waals surface area contributed by atoms with E-state index >= 15 is 0 Å². The molecule has 4 aromatic rings. The van der Waals surface area contributed by atoms with Gasteiger partial charge in [0.2, 0.25) is 5.91 Å². The van der Waals surface area contributed by atoms with Crippen molar-refractivity contribution >= 4 is 29.1 Å². The van der Waals surface area contributed by atoms with Crippen LogP contribution < -0.4 is 4.90 Å². The van der Waals surface area contributed by atoms with Crippen LogP contribution >= 0.6 is 11.8 Å². The summed E-state index contributed by atoms with van der Waals surface area (Å²) in [7, 11) is 0. The largest absolute Gasteiger partial charge is 0.306 e. The molecule has 1 aliphatic rings. The fraction of sp³-hybridized carbons (Fsp3) is 0.357. The Kier molecular flexibility index (Phi) is 11.9. The van der Waals surface area contributed by atoms with E-state index in [2.05, 4.69) is 68.7 Å². The van der Waals surface area contributed by atoms with E-state index in [1.54, 1.807) is 18.5 Å². The van der Waals surface area contributed by atoms with Gasteiger partial charge in [0.1, 0.15) is 5.78 Å². The summed E-state index contributed by atoms with van der Waals surface area (Å²) in [6.45, 7) is 13.7. The van der Waals surface area contributed by atoms with Crippen LogP contribution in [0.1, 0.15) is 94.4 Å². The van der Waals surface area contributed by atoms with Crippen LogP contribution in [0.15, 0.2) is 103 Å². The smallest absolute Gasteiger partial charge is 0.273 e. The molecule has 0 N–H and O–H groups in total. The Labute approximate surface area is 299 Å². The maximum absolute atomic E-state index is 14.0. The minimum absolute atomic E-state index is 0.0109. The number of Topliss-reactive ketones (excluding diaryl/α,β-unsaturated/α-hetero) is 1. The monoisotopic (exact) mass is 695 g/mol. The number of thioether (sulfide) groups is 1. The predicted molar refractivity (Wildman–Crippen MR) is 202 cm³/mol. The zero-order chi connectivity index (χ0) is 36.0. The normalized spacial score (nSPS) is 15.6. The number of nitrogens with zero attached hydrogens (tertiary/aromatic N) is 3. The first kappa shape index (κ1) is 37.0. The summed E-state index contributed by atoms with van der Waals surface area (Å²) in [6.07, 6.45) is 9.83. The van der Waals surface area contributed by atoms with Crippen LogP contribution in [0.5, 0.6) is 0 Å². The summed E-state index contributed by atoms with van der Waals surface area (Å²) >= 11 is 1.54. The zero-order valence-electron chi connectivity index (χ0n) is 29.7. The molecule has 5 nitrogen and oxygen atoms in total. The Morgan fingerprint density at radius 1 is 1.04 bits per heavy atom. The van der Waals surface area contributed by atoms with Crippen molar-refractivity contribution in [1.82, 2.24) is 9.55 Å². The molecule has 2 atom stereocenters. The maximum atomic E-state index is 14.0. The number of hydrogen-bond donors (Lipinski definition) is 0. The number of alkyl halides is 2. The van der Waals surface area contributed by atoms with E-state index in [4.69, 9.17) is 0 Å². The number of imidazole rings is 1. The Bertz CT molecular complexity index is 1840. The van der Waals surface area contributed by atoms with Crippen LogP contribution in [0.2, 0.25) is 0 Å². The average molecular weight is 696 g/mol. The highest BCUT2D eigenvalue weighted by molar-refractivity contribution is 8.04. The van der Waals surface area contributed by atoms with E-state index in [0.29, 0.717) is 18.6 Å². The molecule has 1 aromatic heterocycles. The van der Waals surface area contributed by atoms with E-state index in [-0.39, 0.29) is 41.4 Å². The van der Waals surface area contributed by atoms with E-state index < -0.39 is 5.92 Å². The zero-order valence-corrected chi connectivity index (χ0v) is 30.5. The molecule has 0 saturated carbocycles. The van der Waals surface area contributed by atoms with E-state index in [1.165, 1.54) is 30.8 Å². The standard InChI is InChI=1S/C42H47F2N3O2S/c1-7-9-31-12-21-36(28(3)4)38(24-31)47-40(49)26-50-41(47)23-11-30(6)39(48)22-10-29(5)32-13-15-33(16-14-32)37-25-46(27-45-37)35-19-17-34(18-20-35)42(43,44)8-2/h7,12-21,23-25,27-30H,1,8-11,22,26H2,2-6H3/b41-23+. The first-order chi connectivity index (χ1) is 23.9. The summed E-state index contributed by atoms with van der Waals surface area (Å²) < 4.78 is 29.9. The molecule has 5 rings (SSSR count). The lowest BCUT2D eigenvalue weighted by Crippen LogP contribution is -2.25. The summed E-state index contributed by atoms with van der Waals surface area (Å²) in [5, 5.41) is 0.903. The van der Waals surface area contributed by atoms with Gasteiger partial charge in [0.25, 0.3) is 5.92 Å². The van der Waals surface area contributed by atoms with E-state index in [1.807, 2.05) is 40.8 Å². The maximum Gasteiger partial charge on any atom is 0.273 e.